The Kier molecular flexibility index (Phi) is 2.54. The maximum absolute atomic E-state index is 5.76. The van der Waals surface area contributed by atoms with Crippen LogP contribution in [-0.4, -0.2) is 24.2 Å². The zero-order valence-corrected chi connectivity index (χ0v) is 8.23. The molecule has 0 spiro atoms. The molecule has 3 N–H and O–H groups in total. The Morgan fingerprint density at radius 2 is 2.36 bits per heavy atom. The quantitative estimate of drug-likeness (QED) is 0.758. The van der Waals surface area contributed by atoms with E-state index in [1.807, 2.05) is 12.1 Å². The van der Waals surface area contributed by atoms with Crippen molar-refractivity contribution in [1.82, 2.24) is 4.98 Å². The predicted molar refractivity (Wildman–Crippen MR) is 56.1 cm³/mol. The lowest BCUT2D eigenvalue weighted by Gasteiger charge is -2.35. The highest BCUT2D eigenvalue weighted by Crippen LogP contribution is 2.27. The van der Waals surface area contributed by atoms with Gasteiger partial charge in [0.2, 0.25) is 0 Å². The highest BCUT2D eigenvalue weighted by molar-refractivity contribution is 5.60. The van der Waals surface area contributed by atoms with E-state index in [4.69, 9.17) is 10.5 Å². The lowest BCUT2D eigenvalue weighted by atomic mass is 9.89. The van der Waals surface area contributed by atoms with Gasteiger partial charge in [-0.2, -0.15) is 0 Å². The molecule has 0 aliphatic heterocycles. The lowest BCUT2D eigenvalue weighted by Crippen LogP contribution is -2.40. The van der Waals surface area contributed by atoms with Crippen LogP contribution in [0.2, 0.25) is 0 Å². The van der Waals surface area contributed by atoms with Crippen LogP contribution in [0.3, 0.4) is 0 Å². The molecule has 0 radical (unpaired) electrons. The second-order valence-electron chi connectivity index (χ2n) is 3.61. The number of nitrogens with two attached hydrogens (primary N) is 1. The van der Waals surface area contributed by atoms with Crippen LogP contribution in [0, 0.1) is 0 Å². The fourth-order valence-corrected chi connectivity index (χ4v) is 1.61. The van der Waals surface area contributed by atoms with E-state index < -0.39 is 0 Å². The van der Waals surface area contributed by atoms with Crippen LogP contribution in [0.4, 0.5) is 11.5 Å². The van der Waals surface area contributed by atoms with Crippen LogP contribution in [0.1, 0.15) is 12.8 Å². The average Bonchev–Trinajstić information content (AvgIpc) is 2.13. The number of ether oxygens (including phenoxy) is 1. The molecule has 1 aromatic rings. The Hall–Kier alpha value is -1.29. The molecule has 0 aromatic carbocycles. The van der Waals surface area contributed by atoms with E-state index in [-0.39, 0.29) is 0 Å². The molecule has 1 aromatic heterocycles. The monoisotopic (exact) mass is 193 g/mol. The first kappa shape index (κ1) is 9.27. The lowest BCUT2D eigenvalue weighted by molar-refractivity contribution is 0.0328. The third kappa shape index (κ3) is 1.80. The number of aromatic nitrogens is 1. The Bertz CT molecular complexity index is 310. The smallest absolute Gasteiger partial charge is 0.149 e. The first-order valence-electron chi connectivity index (χ1n) is 4.79. The Labute approximate surface area is 83.5 Å². The van der Waals surface area contributed by atoms with Crippen molar-refractivity contribution < 1.29 is 4.74 Å². The van der Waals surface area contributed by atoms with Crippen molar-refractivity contribution >= 4 is 11.5 Å². The zero-order chi connectivity index (χ0) is 9.97. The summed E-state index contributed by atoms with van der Waals surface area (Å²) in [6, 6.07) is 4.14. The topological polar surface area (TPSA) is 60.2 Å². The van der Waals surface area contributed by atoms with Gasteiger partial charge >= 0.3 is 0 Å². The van der Waals surface area contributed by atoms with E-state index >= 15 is 0 Å². The minimum atomic E-state index is 0.400. The molecule has 4 nitrogen and oxygen atoms in total. The van der Waals surface area contributed by atoms with Gasteiger partial charge in [0.05, 0.1) is 11.8 Å². The minimum absolute atomic E-state index is 0.400. The summed E-state index contributed by atoms with van der Waals surface area (Å²) in [6.07, 6.45) is 4.21. The number of methoxy groups -OCH3 is 1. The second kappa shape index (κ2) is 3.84. The molecule has 0 amide bonds. The van der Waals surface area contributed by atoms with Gasteiger partial charge in [-0.3, -0.25) is 0 Å². The van der Waals surface area contributed by atoms with Crippen molar-refractivity contribution in [3.05, 3.63) is 18.3 Å². The molecule has 0 unspecified atom stereocenters. The summed E-state index contributed by atoms with van der Waals surface area (Å²) < 4.78 is 5.19. The molecule has 0 saturated heterocycles. The van der Waals surface area contributed by atoms with Gasteiger partial charge in [-0.05, 0) is 25.0 Å². The molecule has 0 bridgehead atoms. The normalized spacial score (nSPS) is 25.5. The van der Waals surface area contributed by atoms with Crippen LogP contribution >= 0.6 is 0 Å². The number of nitrogens with one attached hydrogen (secondary N) is 1. The molecule has 2 rings (SSSR count). The van der Waals surface area contributed by atoms with Crippen molar-refractivity contribution in [2.24, 2.45) is 0 Å². The first-order chi connectivity index (χ1) is 6.79. The van der Waals surface area contributed by atoms with E-state index in [0.717, 1.165) is 18.7 Å². The first-order valence-corrected chi connectivity index (χ1v) is 4.79. The maximum atomic E-state index is 5.76. The van der Waals surface area contributed by atoms with Crippen LogP contribution in [-0.2, 0) is 4.74 Å². The van der Waals surface area contributed by atoms with E-state index in [0.29, 0.717) is 17.8 Å². The zero-order valence-electron chi connectivity index (χ0n) is 8.23. The highest BCUT2D eigenvalue weighted by atomic mass is 16.5. The van der Waals surface area contributed by atoms with Crippen LogP contribution in [0.25, 0.3) is 0 Å². The van der Waals surface area contributed by atoms with E-state index in [1.165, 1.54) is 0 Å². The number of anilines is 2. The molecule has 0 atom stereocenters. The van der Waals surface area contributed by atoms with Crippen LogP contribution < -0.4 is 11.1 Å². The summed E-state index contributed by atoms with van der Waals surface area (Å²) >= 11 is 0. The Morgan fingerprint density at radius 3 is 3.00 bits per heavy atom. The maximum Gasteiger partial charge on any atom is 0.149 e. The SMILES string of the molecule is COC1CC(Nc2ncccc2N)C1. The Morgan fingerprint density at radius 1 is 1.57 bits per heavy atom. The molecule has 1 aliphatic carbocycles. The fraction of sp³-hybridized carbons (Fsp3) is 0.500. The molecule has 14 heavy (non-hydrogen) atoms. The third-order valence-corrected chi connectivity index (χ3v) is 2.61. The standard InChI is InChI=1S/C10H15N3O/c1-14-8-5-7(6-8)13-10-9(11)3-2-4-12-10/h2-4,7-8H,5-6,11H2,1H3,(H,12,13). The van der Waals surface area contributed by atoms with Gasteiger partial charge in [-0.25, -0.2) is 4.98 Å². The van der Waals surface area contributed by atoms with Crippen molar-refractivity contribution in [2.75, 3.05) is 18.2 Å². The summed E-state index contributed by atoms with van der Waals surface area (Å²) in [5.74, 6) is 0.784. The van der Waals surface area contributed by atoms with Crippen molar-refractivity contribution in [3.63, 3.8) is 0 Å². The van der Waals surface area contributed by atoms with Crippen molar-refractivity contribution in [3.8, 4) is 0 Å². The van der Waals surface area contributed by atoms with E-state index in [2.05, 4.69) is 10.3 Å². The van der Waals surface area contributed by atoms with Gasteiger partial charge in [-0.15, -0.1) is 0 Å². The van der Waals surface area contributed by atoms with Gasteiger partial charge in [0, 0.05) is 19.3 Å². The number of nitrogens with zero attached hydrogens (tertiary/aromatic N) is 1. The van der Waals surface area contributed by atoms with Gasteiger partial charge in [0.15, 0.2) is 0 Å². The molecular weight excluding hydrogens is 178 g/mol. The largest absolute Gasteiger partial charge is 0.396 e. The van der Waals surface area contributed by atoms with Gasteiger partial charge in [0.1, 0.15) is 5.82 Å². The summed E-state index contributed by atoms with van der Waals surface area (Å²) in [6.45, 7) is 0. The fourth-order valence-electron chi connectivity index (χ4n) is 1.61. The number of pyridine rings is 1. The van der Waals surface area contributed by atoms with Crippen LogP contribution in [0.15, 0.2) is 18.3 Å². The molecule has 4 heteroatoms. The van der Waals surface area contributed by atoms with Crippen molar-refractivity contribution in [2.45, 2.75) is 25.0 Å². The number of hydrogen-bond acceptors (Lipinski definition) is 4. The number of rotatable bonds is 3. The van der Waals surface area contributed by atoms with Crippen molar-refractivity contribution in [1.29, 1.82) is 0 Å². The van der Waals surface area contributed by atoms with Crippen LogP contribution in [0.5, 0.6) is 0 Å². The molecule has 1 fully saturated rings. The number of nitrogen functional groups attached to an aromatic ring is 1. The minimum Gasteiger partial charge on any atom is -0.396 e. The second-order valence-corrected chi connectivity index (χ2v) is 3.61. The highest BCUT2D eigenvalue weighted by Gasteiger charge is 2.29. The summed E-state index contributed by atoms with van der Waals surface area (Å²) in [4.78, 5) is 4.17. The molecule has 76 valence electrons. The average molecular weight is 193 g/mol. The molecule has 1 saturated carbocycles. The summed E-state index contributed by atoms with van der Waals surface area (Å²) in [5, 5.41) is 3.29. The molecule has 1 aliphatic rings. The molecular formula is C10H15N3O. The van der Waals surface area contributed by atoms with Gasteiger partial charge < -0.3 is 15.8 Å². The summed E-state index contributed by atoms with van der Waals surface area (Å²) in [5.41, 5.74) is 6.46. The van der Waals surface area contributed by atoms with Gasteiger partial charge in [0.25, 0.3) is 0 Å². The van der Waals surface area contributed by atoms with E-state index in [1.54, 1.807) is 13.3 Å². The Balaban J connectivity index is 1.90. The van der Waals surface area contributed by atoms with E-state index in [9.17, 15) is 0 Å². The summed E-state index contributed by atoms with van der Waals surface area (Å²) in [7, 11) is 1.75. The van der Waals surface area contributed by atoms with Gasteiger partial charge in [-0.1, -0.05) is 0 Å². The third-order valence-electron chi connectivity index (χ3n) is 2.61. The predicted octanol–water partition coefficient (Wildman–Crippen LogP) is 1.25. The number of hydrogen-bond donors (Lipinski definition) is 2. The molecule has 1 heterocycles.